The van der Waals surface area contributed by atoms with Gasteiger partial charge < -0.3 is 0 Å². The molecule has 0 aliphatic carbocycles. The Morgan fingerprint density at radius 3 is 0.296 bits per heavy atom. The largest absolute Gasteiger partial charge is 4.00 e. The second kappa shape index (κ2) is 24.1. The van der Waals surface area contributed by atoms with E-state index in [-0.39, 0.29) is 124 Å². The van der Waals surface area contributed by atoms with Crippen LogP contribution in [0.5, 0.6) is 0 Å². The van der Waals surface area contributed by atoms with Gasteiger partial charge in [0.25, 0.3) is 0 Å². The minimum absolute atomic E-state index is 0. The quantitative estimate of drug-likeness (QED) is 0.220. The third kappa shape index (κ3) is 32.2. The summed E-state index contributed by atoms with van der Waals surface area (Å²) in [6, 6.07) is 0. The van der Waals surface area contributed by atoms with Crippen LogP contribution in [0.1, 0.15) is 192 Å². The van der Waals surface area contributed by atoms with E-state index in [9.17, 15) is 38.4 Å². The summed E-state index contributed by atoms with van der Waals surface area (Å²) in [7, 11) is 0. The van der Waals surface area contributed by atoms with E-state index in [0.29, 0.717) is 0 Å². The summed E-state index contributed by atoms with van der Waals surface area (Å²) in [5.41, 5.74) is -3.21. The van der Waals surface area contributed by atoms with Crippen LogP contribution >= 0.6 is 0 Å². The van der Waals surface area contributed by atoms with Gasteiger partial charge in [-0.05, 0) is 0 Å². The first kappa shape index (κ1) is 65.0. The molecular formula is C44H80O8Zr2+8. The fourth-order valence-electron chi connectivity index (χ4n) is 2.70. The number of ketones is 8. The monoisotopic (exact) mass is 916 g/mol. The topological polar surface area (TPSA) is 137 Å². The van der Waals surface area contributed by atoms with E-state index in [0.717, 1.165) is 0 Å². The molecule has 0 fully saturated rings. The zero-order valence-electron chi connectivity index (χ0n) is 39.1. The van der Waals surface area contributed by atoms with Crippen LogP contribution in [0, 0.1) is 43.3 Å². The van der Waals surface area contributed by atoms with Crippen molar-refractivity contribution in [3.8, 4) is 0 Å². The Morgan fingerprint density at radius 2 is 0.259 bits per heavy atom. The normalized spacial score (nSPS) is 12.3. The minimum atomic E-state index is -0.402. The Hall–Kier alpha value is -0.874. The van der Waals surface area contributed by atoms with E-state index in [2.05, 4.69) is 0 Å². The average molecular weight is 920 g/mol. The molecule has 10 heteroatoms. The van der Waals surface area contributed by atoms with Crippen molar-refractivity contribution in [1.29, 1.82) is 0 Å². The van der Waals surface area contributed by atoms with Crippen LogP contribution < -0.4 is 0 Å². The molecule has 304 valence electrons. The van der Waals surface area contributed by atoms with Gasteiger partial charge in [0.05, 0.1) is 25.7 Å². The Bertz CT molecular complexity index is 969. The molecule has 0 amide bonds. The van der Waals surface area contributed by atoms with Crippen molar-refractivity contribution in [2.24, 2.45) is 43.3 Å². The van der Waals surface area contributed by atoms with Crippen LogP contribution in [0.3, 0.4) is 0 Å². The third-order valence-corrected chi connectivity index (χ3v) is 7.98. The molecule has 0 rings (SSSR count). The van der Waals surface area contributed by atoms with Crippen molar-refractivity contribution in [3.63, 3.8) is 0 Å². The van der Waals surface area contributed by atoms with Crippen LogP contribution in [0.25, 0.3) is 0 Å². The molecule has 0 aromatic carbocycles. The summed E-state index contributed by atoms with van der Waals surface area (Å²) >= 11 is 0. The van der Waals surface area contributed by atoms with E-state index in [4.69, 9.17) is 0 Å². The number of hydrogen-bond donors (Lipinski definition) is 0. The average Bonchev–Trinajstić information content (AvgIpc) is 2.85. The van der Waals surface area contributed by atoms with Crippen LogP contribution in [-0.4, -0.2) is 46.3 Å². The summed E-state index contributed by atoms with van der Waals surface area (Å²) in [5, 5.41) is 0. The number of rotatable bonds is 8. The second-order valence-corrected chi connectivity index (χ2v) is 22.1. The maximum Gasteiger partial charge on any atom is 4.00 e. The molecule has 54 heavy (non-hydrogen) atoms. The molecule has 0 N–H and O–H groups in total. The standard InChI is InChI=1S/4C11H20O2.2Zr/c4*1-10(2,3)8(12)7-9(13)11(4,5)6;;/h4*7H2,1-6H3;;/q;;;;2*+4. The van der Waals surface area contributed by atoms with Crippen molar-refractivity contribution in [2.45, 2.75) is 192 Å². The zero-order chi connectivity index (χ0) is 43.4. The fraction of sp³-hybridized carbons (Fsp3) is 0.818. The van der Waals surface area contributed by atoms with E-state index < -0.39 is 43.3 Å². The molecule has 0 bridgehead atoms. The zero-order valence-corrected chi connectivity index (χ0v) is 44.0. The first-order valence-electron chi connectivity index (χ1n) is 18.5. The fourth-order valence-corrected chi connectivity index (χ4v) is 2.70. The van der Waals surface area contributed by atoms with Gasteiger partial charge in [0, 0.05) is 43.3 Å². The maximum absolute atomic E-state index is 11.5. The van der Waals surface area contributed by atoms with Gasteiger partial charge in [-0.15, -0.1) is 0 Å². The predicted octanol–water partition coefficient (Wildman–Crippen LogP) is 10.4. The molecule has 0 saturated carbocycles. The van der Waals surface area contributed by atoms with E-state index in [1.165, 1.54) is 0 Å². The molecule has 0 aliphatic heterocycles. The maximum atomic E-state index is 11.5. The Morgan fingerprint density at radius 1 is 0.204 bits per heavy atom. The van der Waals surface area contributed by atoms with Gasteiger partial charge >= 0.3 is 52.4 Å². The Labute approximate surface area is 369 Å². The van der Waals surface area contributed by atoms with Gasteiger partial charge in [-0.3, -0.25) is 38.4 Å². The molecule has 0 heterocycles. The van der Waals surface area contributed by atoms with Gasteiger partial charge in [0.15, 0.2) is 0 Å². The SMILES string of the molecule is CC(C)(C)C(=O)CC(=O)C(C)(C)C.CC(C)(C)C(=O)CC(=O)C(C)(C)C.CC(C)(C)C(=O)CC(=O)C(C)(C)C.CC(C)(C)C(=O)CC(=O)C(C)(C)C.[Zr+4].[Zr+4]. The molecular weight excluding hydrogens is 839 g/mol. The van der Waals surface area contributed by atoms with E-state index in [1.54, 1.807) is 0 Å². The summed E-state index contributed by atoms with van der Waals surface area (Å²) in [5.74, 6) is 0.166. The molecule has 0 radical (unpaired) electrons. The molecule has 0 spiro atoms. The molecule has 0 aromatic rings. The van der Waals surface area contributed by atoms with Gasteiger partial charge in [0.2, 0.25) is 0 Å². The summed E-state index contributed by atoms with van der Waals surface area (Å²) in [6.07, 6.45) is 0.250. The van der Waals surface area contributed by atoms with E-state index >= 15 is 0 Å². The molecule has 0 aliphatic rings. The Kier molecular flexibility index (Phi) is 29.1. The molecule has 0 atom stereocenters. The van der Waals surface area contributed by atoms with Crippen LogP contribution in [0.15, 0.2) is 0 Å². The number of carbonyl (C=O) groups excluding carboxylic acids is 8. The predicted molar refractivity (Wildman–Crippen MR) is 214 cm³/mol. The van der Waals surface area contributed by atoms with Crippen molar-refractivity contribution in [1.82, 2.24) is 0 Å². The smallest absolute Gasteiger partial charge is 0.299 e. The first-order valence-corrected chi connectivity index (χ1v) is 18.5. The minimum Gasteiger partial charge on any atom is -0.299 e. The van der Waals surface area contributed by atoms with Crippen molar-refractivity contribution in [2.75, 3.05) is 0 Å². The number of hydrogen-bond acceptors (Lipinski definition) is 8. The number of Topliss-reactive ketones (excluding diaryl/α,β-unsaturated/α-hetero) is 8. The summed E-state index contributed by atoms with van der Waals surface area (Å²) in [4.78, 5) is 92.0. The molecule has 0 aromatic heterocycles. The van der Waals surface area contributed by atoms with Gasteiger partial charge in [-0.1, -0.05) is 166 Å². The first-order chi connectivity index (χ1) is 22.2. The Balaban J connectivity index is -0.000000140. The third-order valence-electron chi connectivity index (χ3n) is 7.98. The van der Waals surface area contributed by atoms with Crippen molar-refractivity contribution < 1.29 is 90.8 Å². The van der Waals surface area contributed by atoms with Crippen LogP contribution in [0.2, 0.25) is 0 Å². The summed E-state index contributed by atoms with van der Waals surface area (Å²) < 4.78 is 0. The van der Waals surface area contributed by atoms with E-state index in [1.807, 2.05) is 166 Å². The van der Waals surface area contributed by atoms with Gasteiger partial charge in [0.1, 0.15) is 46.3 Å². The van der Waals surface area contributed by atoms with Crippen LogP contribution in [-0.2, 0) is 90.8 Å². The molecule has 0 unspecified atom stereocenters. The van der Waals surface area contributed by atoms with Crippen molar-refractivity contribution in [3.05, 3.63) is 0 Å². The summed E-state index contributed by atoms with van der Waals surface area (Å²) in [6.45, 7) is 44.1. The molecule has 0 saturated heterocycles. The molecule has 8 nitrogen and oxygen atoms in total. The number of carbonyl (C=O) groups is 8. The van der Waals surface area contributed by atoms with Crippen molar-refractivity contribution >= 4 is 46.3 Å². The second-order valence-electron chi connectivity index (χ2n) is 22.1. The van der Waals surface area contributed by atoms with Crippen LogP contribution in [0.4, 0.5) is 0 Å². The van der Waals surface area contributed by atoms with Gasteiger partial charge in [-0.2, -0.15) is 0 Å². The van der Waals surface area contributed by atoms with Gasteiger partial charge in [-0.25, -0.2) is 0 Å².